The van der Waals surface area contributed by atoms with E-state index in [4.69, 9.17) is 9.47 Å². The van der Waals surface area contributed by atoms with Gasteiger partial charge in [0.2, 0.25) is 6.10 Å². The van der Waals surface area contributed by atoms with Crippen molar-refractivity contribution < 1.29 is 19.1 Å². The van der Waals surface area contributed by atoms with Gasteiger partial charge >= 0.3 is 5.97 Å². The van der Waals surface area contributed by atoms with Crippen LogP contribution in [0.1, 0.15) is 22.8 Å². The monoisotopic (exact) mass is 353 g/mol. The Morgan fingerprint density at radius 1 is 1.04 bits per heavy atom. The van der Waals surface area contributed by atoms with E-state index in [1.807, 2.05) is 61.5 Å². The molecule has 0 unspecified atom stereocenters. The quantitative estimate of drug-likeness (QED) is 0.776. The molecule has 0 bridgehead atoms. The van der Waals surface area contributed by atoms with Crippen LogP contribution in [0.5, 0.6) is 0 Å². The van der Waals surface area contributed by atoms with Gasteiger partial charge < -0.3 is 14.4 Å². The number of amides is 1. The number of hydrogen-bond donors (Lipinski definition) is 0. The van der Waals surface area contributed by atoms with Crippen LogP contribution < -0.4 is 0 Å². The van der Waals surface area contributed by atoms with Crippen LogP contribution in [-0.4, -0.2) is 43.1 Å². The molecule has 0 saturated carbocycles. The first-order chi connectivity index (χ1) is 12.6. The van der Waals surface area contributed by atoms with E-state index in [0.717, 1.165) is 11.1 Å². The summed E-state index contributed by atoms with van der Waals surface area (Å²) >= 11 is 0. The van der Waals surface area contributed by atoms with Crippen molar-refractivity contribution in [1.29, 1.82) is 0 Å². The second-order valence-corrected chi connectivity index (χ2v) is 6.32. The number of nitrogens with zero attached hydrogens (tertiary/aromatic N) is 1. The highest BCUT2D eigenvalue weighted by molar-refractivity contribution is 5.85. The van der Waals surface area contributed by atoms with Crippen LogP contribution in [0.25, 0.3) is 0 Å². The standard InChI is InChI=1S/C21H23NO4/c1-16-7-5-6-10-18(16)15-19(23)26-20(17-8-3-2-4-9-17)21(24)22-11-13-25-14-12-22/h2-10,20H,11-15H2,1H3/t20-/m0/s1. The van der Waals surface area contributed by atoms with Gasteiger partial charge in [-0.05, 0) is 18.1 Å². The van der Waals surface area contributed by atoms with E-state index in [9.17, 15) is 9.59 Å². The van der Waals surface area contributed by atoms with Gasteiger partial charge in [0, 0.05) is 18.7 Å². The number of ether oxygens (including phenoxy) is 2. The van der Waals surface area contributed by atoms with Crippen molar-refractivity contribution >= 4 is 11.9 Å². The minimum Gasteiger partial charge on any atom is -0.447 e. The van der Waals surface area contributed by atoms with Gasteiger partial charge in [0.25, 0.3) is 5.91 Å². The highest BCUT2D eigenvalue weighted by atomic mass is 16.5. The molecule has 2 aromatic carbocycles. The first-order valence-corrected chi connectivity index (χ1v) is 8.80. The van der Waals surface area contributed by atoms with Gasteiger partial charge in [0.1, 0.15) is 0 Å². The first kappa shape index (κ1) is 18.1. The average molecular weight is 353 g/mol. The molecule has 3 rings (SSSR count). The molecule has 1 saturated heterocycles. The summed E-state index contributed by atoms with van der Waals surface area (Å²) in [5.74, 6) is -0.604. The Labute approximate surface area is 153 Å². The van der Waals surface area contributed by atoms with E-state index in [2.05, 4.69) is 0 Å². The van der Waals surface area contributed by atoms with Gasteiger partial charge in [-0.25, -0.2) is 0 Å². The van der Waals surface area contributed by atoms with Gasteiger partial charge in [0.05, 0.1) is 19.6 Å². The van der Waals surface area contributed by atoms with Crippen LogP contribution in [0, 0.1) is 6.92 Å². The van der Waals surface area contributed by atoms with Crippen molar-refractivity contribution in [3.8, 4) is 0 Å². The van der Waals surface area contributed by atoms with Crippen molar-refractivity contribution in [2.45, 2.75) is 19.4 Å². The zero-order chi connectivity index (χ0) is 18.4. The lowest BCUT2D eigenvalue weighted by Crippen LogP contribution is -2.44. The molecule has 0 N–H and O–H groups in total. The maximum absolute atomic E-state index is 12.9. The summed E-state index contributed by atoms with van der Waals surface area (Å²) in [7, 11) is 0. The molecule has 1 aliphatic rings. The lowest BCUT2D eigenvalue weighted by Gasteiger charge is -2.30. The summed E-state index contributed by atoms with van der Waals surface area (Å²) in [4.78, 5) is 27.2. The number of rotatable bonds is 5. The Morgan fingerprint density at radius 3 is 2.38 bits per heavy atom. The molecule has 0 aliphatic carbocycles. The third kappa shape index (κ3) is 4.49. The van der Waals surface area contributed by atoms with Crippen LogP contribution in [-0.2, 0) is 25.5 Å². The van der Waals surface area contributed by atoms with E-state index in [-0.39, 0.29) is 12.3 Å². The maximum Gasteiger partial charge on any atom is 0.311 e. The number of aryl methyl sites for hydroxylation is 1. The van der Waals surface area contributed by atoms with Crippen LogP contribution in [0.15, 0.2) is 54.6 Å². The summed E-state index contributed by atoms with van der Waals surface area (Å²) in [5.41, 5.74) is 2.62. The Morgan fingerprint density at radius 2 is 1.69 bits per heavy atom. The van der Waals surface area contributed by atoms with E-state index in [1.54, 1.807) is 4.90 Å². The van der Waals surface area contributed by atoms with E-state index in [1.165, 1.54) is 0 Å². The molecule has 1 heterocycles. The number of esters is 1. The number of carbonyl (C=O) groups excluding carboxylic acids is 2. The third-order valence-corrected chi connectivity index (χ3v) is 4.49. The Hall–Kier alpha value is -2.66. The summed E-state index contributed by atoms with van der Waals surface area (Å²) in [6.45, 7) is 3.99. The van der Waals surface area contributed by atoms with Crippen molar-refractivity contribution in [2.75, 3.05) is 26.3 Å². The predicted molar refractivity (Wildman–Crippen MR) is 97.6 cm³/mol. The van der Waals surface area contributed by atoms with Gasteiger partial charge in [-0.1, -0.05) is 54.6 Å². The molecule has 26 heavy (non-hydrogen) atoms. The predicted octanol–water partition coefficient (Wildman–Crippen LogP) is 2.68. The molecule has 0 spiro atoms. The number of hydrogen-bond acceptors (Lipinski definition) is 4. The second kappa shape index (κ2) is 8.63. The van der Waals surface area contributed by atoms with Crippen LogP contribution >= 0.6 is 0 Å². The highest BCUT2D eigenvalue weighted by Crippen LogP contribution is 2.22. The topological polar surface area (TPSA) is 55.8 Å². The van der Waals surface area contributed by atoms with E-state index < -0.39 is 12.1 Å². The number of morpholine rings is 1. The molecule has 0 aromatic heterocycles. The van der Waals surface area contributed by atoms with Crippen molar-refractivity contribution in [3.05, 3.63) is 71.3 Å². The fraction of sp³-hybridized carbons (Fsp3) is 0.333. The Balaban J connectivity index is 1.76. The highest BCUT2D eigenvalue weighted by Gasteiger charge is 2.30. The minimum atomic E-state index is -0.925. The van der Waals surface area contributed by atoms with Crippen LogP contribution in [0.3, 0.4) is 0 Å². The van der Waals surface area contributed by atoms with Gasteiger partial charge in [-0.15, -0.1) is 0 Å². The summed E-state index contributed by atoms with van der Waals surface area (Å²) < 4.78 is 10.9. The fourth-order valence-corrected chi connectivity index (χ4v) is 2.98. The fourth-order valence-electron chi connectivity index (χ4n) is 2.98. The number of benzene rings is 2. The van der Waals surface area contributed by atoms with Crippen molar-refractivity contribution in [1.82, 2.24) is 4.90 Å². The van der Waals surface area contributed by atoms with Crippen LogP contribution in [0.2, 0.25) is 0 Å². The molecule has 0 radical (unpaired) electrons. The molecule has 1 amide bonds. The van der Waals surface area contributed by atoms with Gasteiger partial charge in [-0.3, -0.25) is 9.59 Å². The molecule has 5 nitrogen and oxygen atoms in total. The first-order valence-electron chi connectivity index (χ1n) is 8.80. The SMILES string of the molecule is Cc1ccccc1CC(=O)O[C@H](C(=O)N1CCOCC1)c1ccccc1. The van der Waals surface area contributed by atoms with Crippen LogP contribution in [0.4, 0.5) is 0 Å². The van der Waals surface area contributed by atoms with Gasteiger partial charge in [-0.2, -0.15) is 0 Å². The molecule has 2 aromatic rings. The molecule has 136 valence electrons. The van der Waals surface area contributed by atoms with E-state index in [0.29, 0.717) is 31.9 Å². The Kier molecular flexibility index (Phi) is 6.02. The minimum absolute atomic E-state index is 0.145. The molecule has 1 atom stereocenters. The normalized spacial score (nSPS) is 15.3. The summed E-state index contributed by atoms with van der Waals surface area (Å²) in [6, 6.07) is 16.8. The molecular weight excluding hydrogens is 330 g/mol. The van der Waals surface area contributed by atoms with Crippen molar-refractivity contribution in [3.63, 3.8) is 0 Å². The third-order valence-electron chi connectivity index (χ3n) is 4.49. The average Bonchev–Trinajstić information content (AvgIpc) is 2.69. The molecular formula is C21H23NO4. The maximum atomic E-state index is 12.9. The zero-order valence-corrected chi connectivity index (χ0v) is 14.9. The summed E-state index contributed by atoms with van der Waals surface area (Å²) in [6.07, 6.45) is -0.780. The van der Waals surface area contributed by atoms with Gasteiger partial charge in [0.15, 0.2) is 0 Å². The largest absolute Gasteiger partial charge is 0.447 e. The lowest BCUT2D eigenvalue weighted by atomic mass is 10.1. The second-order valence-electron chi connectivity index (χ2n) is 6.32. The molecule has 1 aliphatic heterocycles. The van der Waals surface area contributed by atoms with E-state index >= 15 is 0 Å². The zero-order valence-electron chi connectivity index (χ0n) is 14.9. The number of carbonyl (C=O) groups is 2. The molecule has 1 fully saturated rings. The summed E-state index contributed by atoms with van der Waals surface area (Å²) in [5, 5.41) is 0. The van der Waals surface area contributed by atoms with Crippen molar-refractivity contribution in [2.24, 2.45) is 0 Å². The Bertz CT molecular complexity index is 754. The lowest BCUT2D eigenvalue weighted by molar-refractivity contribution is -0.162. The molecule has 5 heteroatoms. The smallest absolute Gasteiger partial charge is 0.311 e.